The van der Waals surface area contributed by atoms with Crippen LogP contribution in [-0.4, -0.2) is 28.4 Å². The van der Waals surface area contributed by atoms with Crippen LogP contribution in [0.25, 0.3) is 285 Å². The van der Waals surface area contributed by atoms with Crippen molar-refractivity contribution in [2.75, 3.05) is 28.4 Å². The summed E-state index contributed by atoms with van der Waals surface area (Å²) in [6, 6.07) is 142. The highest BCUT2D eigenvalue weighted by molar-refractivity contribution is 6.52. The van der Waals surface area contributed by atoms with Gasteiger partial charge in [-0.2, -0.15) is 0 Å². The normalized spacial score (nSPS) is 12.3. The number of hydrogen-bond donors (Lipinski definition) is 0. The molecule has 0 bridgehead atoms. The first-order valence-corrected chi connectivity index (χ1v) is 43.5. The van der Waals surface area contributed by atoms with Gasteiger partial charge in [-0.3, -0.25) is 0 Å². The van der Waals surface area contributed by atoms with Crippen LogP contribution in [0, 0.1) is 0 Å². The minimum absolute atomic E-state index is 0.810. The lowest BCUT2D eigenvalue weighted by Gasteiger charge is -2.26. The van der Waals surface area contributed by atoms with Gasteiger partial charge in [0.15, 0.2) is 0 Å². The third-order valence-corrected chi connectivity index (χ3v) is 28.3. The van der Waals surface area contributed by atoms with Gasteiger partial charge in [0, 0.05) is 0 Å². The molecule has 0 unspecified atom stereocenters. The molecule has 0 fully saturated rings. The van der Waals surface area contributed by atoms with E-state index < -0.39 is 0 Å². The fourth-order valence-electron chi connectivity index (χ4n) is 23.4. The van der Waals surface area contributed by atoms with Crippen LogP contribution in [0.15, 0.2) is 376 Å². The molecule has 0 spiro atoms. The van der Waals surface area contributed by atoms with E-state index in [1.54, 1.807) is 28.4 Å². The first-order valence-electron chi connectivity index (χ1n) is 43.5. The smallest absolute Gasteiger partial charge is 0.118 e. The molecule has 27 rings (SSSR count). The lowest BCUT2D eigenvalue weighted by molar-refractivity contribution is 0.414. The molecular weight excluding hydrogens is 1530 g/mol. The van der Waals surface area contributed by atoms with Crippen LogP contribution in [0.3, 0.4) is 0 Å². The summed E-state index contributed by atoms with van der Waals surface area (Å²) >= 11 is 0. The molecular formula is C122H74O4. The first kappa shape index (κ1) is 70.5. The number of rotatable bonds is 14. The van der Waals surface area contributed by atoms with Gasteiger partial charge in [-0.15, -0.1) is 0 Å². The van der Waals surface area contributed by atoms with E-state index >= 15 is 0 Å². The molecule has 2 aliphatic carbocycles. The van der Waals surface area contributed by atoms with E-state index in [1.807, 2.05) is 0 Å². The number of hydrogen-bond acceptors (Lipinski definition) is 4. The second kappa shape index (κ2) is 26.7. The fraction of sp³-hybridized carbons (Fsp3) is 0.0328. The number of benzene rings is 23. The Labute approximate surface area is 726 Å². The highest BCUT2D eigenvalue weighted by Gasteiger charge is 2.40. The van der Waals surface area contributed by atoms with Crippen molar-refractivity contribution >= 4 is 129 Å². The van der Waals surface area contributed by atoms with E-state index in [0.29, 0.717) is 0 Å². The molecule has 0 aromatic heterocycles. The van der Waals surface area contributed by atoms with Crippen molar-refractivity contribution < 1.29 is 18.9 Å². The molecule has 0 atom stereocenters. The SMILES string of the molecule is COc1ccc(-c2c(-c3ccc(OC)cc3)c(-c3ccccc3)c3c(c2-c2ccccc2)-c2ccc4c5ccc6c7c(-c8ccccc8)c8c9ccc%10c%11ccc%12c%13c(ccc(c%14ccc(c8c(-c8ccccc8)c7c7ccc(c8ccc-3c2c48)c5c67)c9c%10%14)c%13%11)-c2c(-c3ccccc3)c(-c3ccc(OC)cc3)c(-c3ccc(OC)cc3)c(-c3ccccc3)c2-%12)cc1. The number of fused-ring (bicyclic) bond motifs is 16. The molecule has 25 aromatic rings. The van der Waals surface area contributed by atoms with Crippen LogP contribution in [0.1, 0.15) is 0 Å². The largest absolute Gasteiger partial charge is 0.497 e. The second-order valence-electron chi connectivity index (χ2n) is 34.1. The third-order valence-electron chi connectivity index (χ3n) is 28.3. The van der Waals surface area contributed by atoms with Gasteiger partial charge in [0.25, 0.3) is 0 Å². The topological polar surface area (TPSA) is 36.9 Å². The highest BCUT2D eigenvalue weighted by Crippen LogP contribution is 2.67. The van der Waals surface area contributed by atoms with Gasteiger partial charge in [0.2, 0.25) is 0 Å². The summed E-state index contributed by atoms with van der Waals surface area (Å²) in [5.41, 5.74) is 33.3. The van der Waals surface area contributed by atoms with Gasteiger partial charge in [0.05, 0.1) is 28.4 Å². The monoisotopic (exact) mass is 1600 g/mol. The molecule has 0 aliphatic heterocycles. The average Bonchev–Trinajstić information content (AvgIpc) is 1.49. The van der Waals surface area contributed by atoms with Gasteiger partial charge in [0.1, 0.15) is 23.0 Å². The summed E-state index contributed by atoms with van der Waals surface area (Å²) in [7, 11) is 6.98. The Morgan fingerprint density at radius 3 is 0.460 bits per heavy atom. The van der Waals surface area contributed by atoms with E-state index in [9.17, 15) is 0 Å². The Morgan fingerprint density at radius 1 is 0.111 bits per heavy atom. The van der Waals surface area contributed by atoms with Gasteiger partial charge in [-0.25, -0.2) is 0 Å². The minimum Gasteiger partial charge on any atom is -0.497 e. The van der Waals surface area contributed by atoms with E-state index in [4.69, 9.17) is 18.9 Å². The minimum atomic E-state index is 0.810. The number of ether oxygens (including phenoxy) is 4. The Morgan fingerprint density at radius 2 is 0.262 bits per heavy atom. The summed E-state index contributed by atoms with van der Waals surface area (Å²) in [4.78, 5) is 0. The maximum Gasteiger partial charge on any atom is 0.118 e. The van der Waals surface area contributed by atoms with Crippen LogP contribution < -0.4 is 18.9 Å². The van der Waals surface area contributed by atoms with Crippen molar-refractivity contribution in [2.24, 2.45) is 0 Å². The van der Waals surface area contributed by atoms with Crippen LogP contribution in [0.2, 0.25) is 0 Å². The lowest BCUT2D eigenvalue weighted by atomic mass is 9.76. The lowest BCUT2D eigenvalue weighted by Crippen LogP contribution is -1.99. The van der Waals surface area contributed by atoms with Crippen LogP contribution >= 0.6 is 0 Å². The molecule has 2 aliphatic rings. The van der Waals surface area contributed by atoms with E-state index in [1.165, 1.54) is 218 Å². The molecule has 4 heteroatoms. The molecule has 0 amide bonds. The van der Waals surface area contributed by atoms with Crippen LogP contribution in [0.5, 0.6) is 23.0 Å². The molecule has 4 nitrogen and oxygen atoms in total. The van der Waals surface area contributed by atoms with Gasteiger partial charge in [-0.1, -0.05) is 328 Å². The van der Waals surface area contributed by atoms with Gasteiger partial charge >= 0.3 is 0 Å². The molecule has 126 heavy (non-hydrogen) atoms. The summed E-state index contributed by atoms with van der Waals surface area (Å²) in [6.07, 6.45) is 0. The van der Waals surface area contributed by atoms with E-state index in [-0.39, 0.29) is 0 Å². The van der Waals surface area contributed by atoms with Crippen molar-refractivity contribution in [1.29, 1.82) is 0 Å². The predicted molar refractivity (Wildman–Crippen MR) is 531 cm³/mol. The van der Waals surface area contributed by atoms with Crippen molar-refractivity contribution in [1.82, 2.24) is 0 Å². The zero-order chi connectivity index (χ0) is 83.0. The Kier molecular flexibility index (Phi) is 14.9. The van der Waals surface area contributed by atoms with Crippen molar-refractivity contribution in [3.05, 3.63) is 376 Å². The molecule has 0 heterocycles. The first-order chi connectivity index (χ1) is 62.4. The maximum absolute atomic E-state index is 5.88. The summed E-state index contributed by atoms with van der Waals surface area (Å²) in [5.74, 6) is 3.24. The third kappa shape index (κ3) is 9.51. The van der Waals surface area contributed by atoms with Crippen molar-refractivity contribution in [3.8, 4) is 179 Å². The fourth-order valence-corrected chi connectivity index (χ4v) is 23.4. The molecule has 0 N–H and O–H groups in total. The van der Waals surface area contributed by atoms with Gasteiger partial charge in [-0.05, 0) is 334 Å². The Hall–Kier alpha value is -16.1. The molecule has 0 saturated heterocycles. The Bertz CT molecular complexity index is 7900. The van der Waals surface area contributed by atoms with E-state index in [0.717, 1.165) is 89.8 Å². The quantitative estimate of drug-likeness (QED) is 0.0803. The standard InChI is InChI=1S/C122H74O4/c1-123-77-43-35-73(36-44-77)97-98(74-37-45-78(124-2)46-38-74)102(68-25-13-6-14-26-68)116-90-60-52-82-86-56-64-94-113-93(63-55-85(109(86)113)81-51-59-89(111(90)107(81)82)115(116)101(97)67-23-11-5-12-24-67)119-105(71-31-19-9-20-32-71)121-95-65-57-87-83-53-61-91-112-92(62-54-84(108(83)112)88-58-66-96(114(95)110(87)88)122(121)106(120(94)119)72-33-21-10-22-34-72)118-104(70-29-17-8-18-30-70)100(76-41-49-80(126-4)50-42-76)99(75-39-47-79(125-3)48-40-75)103(117(91)118)69-27-15-7-16-28-69/h5-66H,1-4H3. The molecule has 0 saturated carbocycles. The number of methoxy groups -OCH3 is 4. The maximum atomic E-state index is 5.88. The average molecular weight is 1600 g/mol. The molecule has 25 aromatic carbocycles. The van der Waals surface area contributed by atoms with Crippen molar-refractivity contribution in [2.45, 2.75) is 0 Å². The summed E-state index contributed by atoms with van der Waals surface area (Å²) < 4.78 is 23.5. The molecule has 586 valence electrons. The van der Waals surface area contributed by atoms with Crippen molar-refractivity contribution in [3.63, 3.8) is 0 Å². The summed E-state index contributed by atoms with van der Waals surface area (Å²) in [5, 5.41) is 30.6. The highest BCUT2D eigenvalue weighted by atomic mass is 16.5. The van der Waals surface area contributed by atoms with E-state index in [2.05, 4.69) is 376 Å². The Balaban J connectivity index is 0.726. The zero-order valence-corrected chi connectivity index (χ0v) is 69.4. The van der Waals surface area contributed by atoms with Crippen LogP contribution in [-0.2, 0) is 0 Å². The molecule has 0 radical (unpaired) electrons. The zero-order valence-electron chi connectivity index (χ0n) is 69.4. The van der Waals surface area contributed by atoms with Gasteiger partial charge < -0.3 is 18.9 Å². The second-order valence-corrected chi connectivity index (χ2v) is 34.1. The predicted octanol–water partition coefficient (Wildman–Crippen LogP) is 33.3. The summed E-state index contributed by atoms with van der Waals surface area (Å²) in [6.45, 7) is 0. The van der Waals surface area contributed by atoms with Crippen LogP contribution in [0.4, 0.5) is 0 Å².